The molecule has 0 atom stereocenters. The summed E-state index contributed by atoms with van der Waals surface area (Å²) in [6.07, 6.45) is 4.24. The van der Waals surface area contributed by atoms with Gasteiger partial charge in [0.25, 0.3) is 0 Å². The van der Waals surface area contributed by atoms with E-state index in [4.69, 9.17) is 0 Å². The summed E-state index contributed by atoms with van der Waals surface area (Å²) < 4.78 is 0. The molecule has 6 nitrogen and oxygen atoms in total. The van der Waals surface area contributed by atoms with E-state index in [1.807, 2.05) is 42.5 Å². The molecule has 7 heteroatoms. The summed E-state index contributed by atoms with van der Waals surface area (Å²) in [5, 5.41) is 23.8. The van der Waals surface area contributed by atoms with Crippen LogP contribution in [0.5, 0.6) is 0 Å². The van der Waals surface area contributed by atoms with Gasteiger partial charge in [-0.2, -0.15) is 0 Å². The van der Waals surface area contributed by atoms with E-state index < -0.39 is 12.5 Å². The molecule has 0 amide bonds. The number of rotatable bonds is 13. The van der Waals surface area contributed by atoms with Crippen LogP contribution in [0.15, 0.2) is 64.6 Å². The molecular weight excluding hydrogens is 449 g/mol. The number of aliphatic imine (C=N–C) groups is 2. The van der Waals surface area contributed by atoms with E-state index >= 15 is 0 Å². The summed E-state index contributed by atoms with van der Waals surface area (Å²) in [6, 6.07) is 16.5. The Bertz CT molecular complexity index is 877. The van der Waals surface area contributed by atoms with E-state index in [0.29, 0.717) is 17.0 Å². The first-order valence-corrected chi connectivity index (χ1v) is 10.9. The summed E-state index contributed by atoms with van der Waals surface area (Å²) in [5.41, 5.74) is 2.34. The third-order valence-corrected chi connectivity index (χ3v) is 4.83. The maximum absolute atomic E-state index is 12.8. The molecule has 0 aliphatic carbocycles. The Kier molecular flexibility index (Phi) is 13.2. The standard InChI is InChI=1S/C25H33N3O3.Ni/c1-3-5-16-28(17-6-4-2)19-23(29)27-22-15-11-10-14-21(22)25(26-18-24(30)31)20-12-8-7-9-13-20;/h7-15H,3-6,16-19H2,1-2H3,(H,27,29)(H,30,31);/q;+2/p-2. The number of unbranched alkanes of at least 4 members (excludes halogenated alkanes) is 2. The van der Waals surface area contributed by atoms with Gasteiger partial charge in [0.15, 0.2) is 0 Å². The molecule has 0 aliphatic rings. The Hall–Kier alpha value is -2.50. The minimum atomic E-state index is -1.26. The molecule has 0 saturated carbocycles. The predicted octanol–water partition coefficient (Wildman–Crippen LogP) is 2.56. The number of para-hydroxylation sites is 1. The molecule has 0 N–H and O–H groups in total. The summed E-state index contributed by atoms with van der Waals surface area (Å²) in [6.45, 7) is 5.83. The molecule has 2 aromatic rings. The minimum Gasteiger partial charge on any atom is -0.861 e. The molecular formula is C25H31N3NiO3. The zero-order chi connectivity index (χ0) is 22.5. The molecule has 2 rings (SSSR count). The number of hydrogen-bond acceptors (Lipinski definition) is 6. The third kappa shape index (κ3) is 9.33. The maximum Gasteiger partial charge on any atom is 2.00 e. The topological polar surface area (TPSA) is 91.2 Å². The van der Waals surface area contributed by atoms with Crippen LogP contribution in [0.4, 0.5) is 5.69 Å². The van der Waals surface area contributed by atoms with Crippen molar-refractivity contribution in [1.29, 1.82) is 0 Å². The third-order valence-electron chi connectivity index (χ3n) is 4.83. The second-order valence-electron chi connectivity index (χ2n) is 7.41. The Labute approximate surface area is 201 Å². The van der Waals surface area contributed by atoms with Crippen LogP contribution in [0.1, 0.15) is 50.7 Å². The van der Waals surface area contributed by atoms with Crippen molar-refractivity contribution >= 4 is 23.3 Å². The average molecular weight is 480 g/mol. The first-order chi connectivity index (χ1) is 15.0. The van der Waals surface area contributed by atoms with Gasteiger partial charge in [0, 0.05) is 17.7 Å². The van der Waals surface area contributed by atoms with Crippen LogP contribution in [-0.2, 0) is 21.3 Å². The Morgan fingerprint density at radius 3 is 2.09 bits per heavy atom. The summed E-state index contributed by atoms with van der Waals surface area (Å²) >= 11 is 0. The van der Waals surface area contributed by atoms with Gasteiger partial charge in [0.1, 0.15) is 0 Å². The maximum atomic E-state index is 12.8. The Morgan fingerprint density at radius 2 is 1.50 bits per heavy atom. The fraction of sp³-hybridized carbons (Fsp3) is 0.400. The van der Waals surface area contributed by atoms with Gasteiger partial charge in [0.2, 0.25) is 0 Å². The number of hydrogen-bond donors (Lipinski definition) is 0. The quantitative estimate of drug-likeness (QED) is 0.251. The van der Waals surface area contributed by atoms with Crippen molar-refractivity contribution in [1.82, 2.24) is 4.90 Å². The van der Waals surface area contributed by atoms with Crippen molar-refractivity contribution in [2.75, 3.05) is 26.2 Å². The fourth-order valence-electron chi connectivity index (χ4n) is 3.24. The van der Waals surface area contributed by atoms with Crippen molar-refractivity contribution in [3.05, 3.63) is 65.7 Å². The zero-order valence-electron chi connectivity index (χ0n) is 18.7. The monoisotopic (exact) mass is 479 g/mol. The van der Waals surface area contributed by atoms with Crippen molar-refractivity contribution in [3.8, 4) is 0 Å². The van der Waals surface area contributed by atoms with Gasteiger partial charge in [-0.1, -0.05) is 75.2 Å². The van der Waals surface area contributed by atoms with Crippen molar-refractivity contribution in [2.24, 2.45) is 9.98 Å². The van der Waals surface area contributed by atoms with Crippen LogP contribution < -0.4 is 10.2 Å². The molecule has 0 aliphatic heterocycles. The number of carbonyl (C=O) groups excluding carboxylic acids is 1. The minimum absolute atomic E-state index is 0. The molecule has 32 heavy (non-hydrogen) atoms. The number of carboxylic acids is 1. The number of nitrogens with zero attached hydrogens (tertiary/aromatic N) is 3. The summed E-state index contributed by atoms with van der Waals surface area (Å²) in [7, 11) is 0. The summed E-state index contributed by atoms with van der Waals surface area (Å²) in [4.78, 5) is 21.8. The molecule has 2 aromatic carbocycles. The molecule has 0 unspecified atom stereocenters. The summed E-state index contributed by atoms with van der Waals surface area (Å²) in [5.74, 6) is -1.48. The number of carboxylic acid groups (broad SMARTS) is 1. The molecule has 0 radical (unpaired) electrons. The van der Waals surface area contributed by atoms with Crippen LogP contribution in [0.3, 0.4) is 0 Å². The molecule has 0 aromatic heterocycles. The van der Waals surface area contributed by atoms with Crippen molar-refractivity contribution in [3.63, 3.8) is 0 Å². The van der Waals surface area contributed by atoms with Crippen molar-refractivity contribution in [2.45, 2.75) is 39.5 Å². The van der Waals surface area contributed by atoms with Crippen LogP contribution in [0.2, 0.25) is 0 Å². The molecule has 174 valence electrons. The molecule has 0 fully saturated rings. The Balaban J connectivity index is 0.00000512. The van der Waals surface area contributed by atoms with Crippen LogP contribution in [0.25, 0.3) is 0 Å². The van der Waals surface area contributed by atoms with Gasteiger partial charge in [-0.05, 0) is 37.9 Å². The van der Waals surface area contributed by atoms with E-state index in [2.05, 4.69) is 28.7 Å². The van der Waals surface area contributed by atoms with Crippen LogP contribution >= 0.6 is 0 Å². The van der Waals surface area contributed by atoms with E-state index in [1.54, 1.807) is 12.1 Å². The zero-order valence-corrected chi connectivity index (χ0v) is 19.7. The molecule has 0 heterocycles. The first kappa shape index (κ1) is 27.5. The van der Waals surface area contributed by atoms with E-state index in [0.717, 1.165) is 44.3 Å². The van der Waals surface area contributed by atoms with Gasteiger partial charge in [-0.15, -0.1) is 0 Å². The van der Waals surface area contributed by atoms with Gasteiger partial charge >= 0.3 is 16.5 Å². The number of benzene rings is 2. The second-order valence-corrected chi connectivity index (χ2v) is 7.41. The average Bonchev–Trinajstić information content (AvgIpc) is 2.77. The normalized spacial score (nSPS) is 12.0. The largest absolute Gasteiger partial charge is 2.00 e. The van der Waals surface area contributed by atoms with Gasteiger partial charge in [-0.3, -0.25) is 14.9 Å². The van der Waals surface area contributed by atoms with Gasteiger partial charge < -0.3 is 15.0 Å². The fourth-order valence-corrected chi connectivity index (χ4v) is 3.24. The Morgan fingerprint density at radius 1 is 0.906 bits per heavy atom. The van der Waals surface area contributed by atoms with Crippen LogP contribution in [0, 0.1) is 0 Å². The number of carbonyl (C=O) groups is 1. The predicted molar refractivity (Wildman–Crippen MR) is 122 cm³/mol. The SMILES string of the molecule is CCCCN(CCCC)CC([O-])=Nc1ccccc1C(=NCC(=O)[O-])c1ccccc1.[Ni+2]. The first-order valence-electron chi connectivity index (χ1n) is 10.9. The smallest absolute Gasteiger partial charge is 0.861 e. The van der Waals surface area contributed by atoms with E-state index in [9.17, 15) is 15.0 Å². The molecule has 0 bridgehead atoms. The van der Waals surface area contributed by atoms with E-state index in [1.165, 1.54) is 0 Å². The van der Waals surface area contributed by atoms with Crippen molar-refractivity contribution < 1.29 is 31.5 Å². The van der Waals surface area contributed by atoms with Crippen LogP contribution in [-0.4, -0.2) is 48.7 Å². The second kappa shape index (κ2) is 15.3. The van der Waals surface area contributed by atoms with E-state index in [-0.39, 0.29) is 28.9 Å². The van der Waals surface area contributed by atoms with Gasteiger partial charge in [-0.25, -0.2) is 0 Å². The van der Waals surface area contributed by atoms with Gasteiger partial charge in [0.05, 0.1) is 23.9 Å². The molecule has 0 spiro atoms. The number of aliphatic carboxylic acids is 1. The molecule has 0 saturated heterocycles.